The molecule has 1 aromatic heterocycles. The molecule has 164 valence electrons. The zero-order valence-electron chi connectivity index (χ0n) is 17.7. The van der Waals surface area contributed by atoms with Gasteiger partial charge in [-0.2, -0.15) is 0 Å². The first-order valence-corrected chi connectivity index (χ1v) is 11.0. The van der Waals surface area contributed by atoms with E-state index in [0.717, 1.165) is 68.0 Å². The predicted molar refractivity (Wildman–Crippen MR) is 131 cm³/mol. The normalized spacial score (nSPS) is 19.8. The highest BCUT2D eigenvalue weighted by Gasteiger charge is 2.32. The number of hydrogen-bond donors (Lipinski definition) is 2. The number of guanidine groups is 1. The molecule has 1 unspecified atom stereocenters. The maximum Gasteiger partial charge on any atom is 0.225 e. The Morgan fingerprint density at radius 1 is 1.23 bits per heavy atom. The molecule has 1 saturated carbocycles. The van der Waals surface area contributed by atoms with Gasteiger partial charge in [0.15, 0.2) is 5.96 Å². The Balaban J connectivity index is 0.00000256. The molecule has 2 fully saturated rings. The lowest BCUT2D eigenvalue weighted by Gasteiger charge is -2.21. The number of benzene rings is 1. The molecule has 0 bridgehead atoms. The average Bonchev–Trinajstić information content (AvgIpc) is 3.48. The van der Waals surface area contributed by atoms with Crippen LogP contribution in [0.1, 0.15) is 44.8 Å². The average molecular weight is 524 g/mol. The summed E-state index contributed by atoms with van der Waals surface area (Å²) in [7, 11) is 0. The lowest BCUT2D eigenvalue weighted by Crippen LogP contribution is -2.45. The van der Waals surface area contributed by atoms with Gasteiger partial charge in [0.05, 0.1) is 0 Å². The molecule has 2 heterocycles. The van der Waals surface area contributed by atoms with Gasteiger partial charge in [0, 0.05) is 49.9 Å². The second-order valence-electron chi connectivity index (χ2n) is 8.16. The van der Waals surface area contributed by atoms with Crippen LogP contribution in [0.3, 0.4) is 0 Å². The number of nitrogens with zero attached hydrogens (tertiary/aromatic N) is 2. The number of para-hydroxylation sites is 1. The van der Waals surface area contributed by atoms with Crippen LogP contribution >= 0.6 is 24.0 Å². The highest BCUT2D eigenvalue weighted by molar-refractivity contribution is 14.0. The fourth-order valence-corrected chi connectivity index (χ4v) is 4.46. The Bertz CT molecular complexity index is 827. The van der Waals surface area contributed by atoms with E-state index in [-0.39, 0.29) is 35.9 Å². The third kappa shape index (κ3) is 5.68. The van der Waals surface area contributed by atoms with Gasteiger partial charge < -0.3 is 20.0 Å². The van der Waals surface area contributed by atoms with E-state index in [4.69, 9.17) is 9.41 Å². The smallest absolute Gasteiger partial charge is 0.225 e. The second-order valence-corrected chi connectivity index (χ2v) is 8.16. The van der Waals surface area contributed by atoms with Crippen LogP contribution < -0.4 is 10.6 Å². The molecular weight excluding hydrogens is 491 g/mol. The van der Waals surface area contributed by atoms with Crippen LogP contribution in [0, 0.1) is 5.92 Å². The van der Waals surface area contributed by atoms with E-state index in [0.29, 0.717) is 12.5 Å². The van der Waals surface area contributed by atoms with Crippen molar-refractivity contribution >= 4 is 46.8 Å². The molecule has 1 atom stereocenters. The van der Waals surface area contributed by atoms with Crippen LogP contribution in [-0.4, -0.2) is 49.0 Å². The zero-order chi connectivity index (χ0) is 20.1. The number of fused-ring (bicyclic) bond motifs is 1. The first-order chi connectivity index (χ1) is 14.2. The zero-order valence-corrected chi connectivity index (χ0v) is 20.1. The number of likely N-dealkylation sites (tertiary alicyclic amines) is 1. The molecule has 6 nitrogen and oxygen atoms in total. The number of carbonyl (C=O) groups is 1. The highest BCUT2D eigenvalue weighted by atomic mass is 127. The summed E-state index contributed by atoms with van der Waals surface area (Å²) in [6.45, 7) is 5.18. The third-order valence-corrected chi connectivity index (χ3v) is 5.99. The molecule has 7 heteroatoms. The molecule has 1 aliphatic carbocycles. The van der Waals surface area contributed by atoms with Crippen molar-refractivity contribution in [3.05, 3.63) is 36.1 Å². The van der Waals surface area contributed by atoms with Crippen LogP contribution in [-0.2, 0) is 11.2 Å². The Morgan fingerprint density at radius 3 is 2.80 bits per heavy atom. The van der Waals surface area contributed by atoms with Gasteiger partial charge in [-0.05, 0) is 38.3 Å². The van der Waals surface area contributed by atoms with Gasteiger partial charge in [-0.3, -0.25) is 9.79 Å². The molecule has 4 rings (SSSR count). The molecule has 2 aliphatic rings. The predicted octanol–water partition coefficient (Wildman–Crippen LogP) is 3.94. The topological polar surface area (TPSA) is 69.9 Å². The van der Waals surface area contributed by atoms with E-state index in [1.54, 1.807) is 0 Å². The molecule has 1 saturated heterocycles. The van der Waals surface area contributed by atoms with Crippen molar-refractivity contribution in [3.8, 4) is 0 Å². The molecule has 2 N–H and O–H groups in total. The Labute approximate surface area is 195 Å². The van der Waals surface area contributed by atoms with E-state index >= 15 is 0 Å². The minimum atomic E-state index is 0. The van der Waals surface area contributed by atoms with Crippen molar-refractivity contribution in [3.63, 3.8) is 0 Å². The number of amides is 1. The summed E-state index contributed by atoms with van der Waals surface area (Å²) in [6, 6.07) is 10.4. The van der Waals surface area contributed by atoms with Crippen molar-refractivity contribution in [1.82, 2.24) is 15.5 Å². The Hall–Kier alpha value is -1.77. The number of nitrogens with one attached hydrogen (secondary N) is 2. The number of carbonyl (C=O) groups excluding carboxylic acids is 1. The number of aliphatic imine (C=N–C) groups is 1. The number of halogens is 1. The first-order valence-electron chi connectivity index (χ1n) is 11.0. The van der Waals surface area contributed by atoms with Crippen LogP contribution in [0.15, 0.2) is 39.7 Å². The van der Waals surface area contributed by atoms with E-state index < -0.39 is 0 Å². The summed E-state index contributed by atoms with van der Waals surface area (Å²) in [5.74, 6) is 2.40. The highest BCUT2D eigenvalue weighted by Crippen LogP contribution is 2.27. The van der Waals surface area contributed by atoms with Gasteiger partial charge in [-0.1, -0.05) is 31.0 Å². The van der Waals surface area contributed by atoms with Gasteiger partial charge in [0.25, 0.3) is 0 Å². The minimum absolute atomic E-state index is 0. The van der Waals surface area contributed by atoms with Crippen LogP contribution in [0.4, 0.5) is 0 Å². The molecule has 30 heavy (non-hydrogen) atoms. The van der Waals surface area contributed by atoms with Crippen molar-refractivity contribution in [2.24, 2.45) is 10.9 Å². The standard InChI is InChI=1S/C23H32N4O2.HI/c1-2-24-23(25-13-11-20-15-18-9-5-6-10-21(18)29-20)26-19-12-14-27(16-19)22(28)17-7-3-4-8-17;/h5-6,9-10,15,17,19H,2-4,7-8,11-14,16H2,1H3,(H2,24,25,26);1H. The molecule has 0 radical (unpaired) electrons. The third-order valence-electron chi connectivity index (χ3n) is 5.99. The maximum atomic E-state index is 12.6. The number of rotatable bonds is 6. The summed E-state index contributed by atoms with van der Waals surface area (Å²) in [5.41, 5.74) is 0.925. The van der Waals surface area contributed by atoms with Crippen LogP contribution in [0.2, 0.25) is 0 Å². The van der Waals surface area contributed by atoms with Crippen molar-refractivity contribution in [2.75, 3.05) is 26.2 Å². The van der Waals surface area contributed by atoms with Gasteiger partial charge in [-0.15, -0.1) is 24.0 Å². The molecule has 1 aromatic carbocycles. The first kappa shape index (κ1) is 22.9. The van der Waals surface area contributed by atoms with Crippen molar-refractivity contribution < 1.29 is 9.21 Å². The fourth-order valence-electron chi connectivity index (χ4n) is 4.46. The van der Waals surface area contributed by atoms with Crippen LogP contribution in [0.25, 0.3) is 11.0 Å². The summed E-state index contributed by atoms with van der Waals surface area (Å²) in [5, 5.41) is 7.98. The van der Waals surface area contributed by atoms with E-state index in [2.05, 4.69) is 29.7 Å². The lowest BCUT2D eigenvalue weighted by molar-refractivity contribution is -0.134. The monoisotopic (exact) mass is 524 g/mol. The largest absolute Gasteiger partial charge is 0.461 e. The quantitative estimate of drug-likeness (QED) is 0.341. The van der Waals surface area contributed by atoms with E-state index in [1.165, 1.54) is 12.8 Å². The summed E-state index contributed by atoms with van der Waals surface area (Å²) < 4.78 is 5.88. The molecule has 2 aromatic rings. The molecule has 1 aliphatic heterocycles. The number of furan rings is 1. The summed E-state index contributed by atoms with van der Waals surface area (Å²) in [6.07, 6.45) is 6.29. The molecule has 0 spiro atoms. The fraction of sp³-hybridized carbons (Fsp3) is 0.565. The van der Waals surface area contributed by atoms with Crippen LogP contribution in [0.5, 0.6) is 0 Å². The second kappa shape index (κ2) is 11.0. The van der Waals surface area contributed by atoms with Gasteiger partial charge in [0.1, 0.15) is 11.3 Å². The SMILES string of the molecule is CCNC(=NCCc1cc2ccccc2o1)NC1CCN(C(=O)C2CCCC2)C1.I. The van der Waals surface area contributed by atoms with Gasteiger partial charge in [-0.25, -0.2) is 0 Å². The van der Waals surface area contributed by atoms with Crippen molar-refractivity contribution in [2.45, 2.75) is 51.5 Å². The Morgan fingerprint density at radius 2 is 2.03 bits per heavy atom. The van der Waals surface area contributed by atoms with E-state index in [9.17, 15) is 4.79 Å². The molecular formula is C23H33IN4O2. The summed E-state index contributed by atoms with van der Waals surface area (Å²) in [4.78, 5) is 19.4. The Kier molecular flexibility index (Phi) is 8.41. The maximum absolute atomic E-state index is 12.6. The van der Waals surface area contributed by atoms with E-state index in [1.807, 2.05) is 23.1 Å². The minimum Gasteiger partial charge on any atom is -0.461 e. The van der Waals surface area contributed by atoms with Crippen molar-refractivity contribution in [1.29, 1.82) is 0 Å². The van der Waals surface area contributed by atoms with Gasteiger partial charge >= 0.3 is 0 Å². The molecule has 1 amide bonds. The lowest BCUT2D eigenvalue weighted by atomic mass is 10.1. The van der Waals surface area contributed by atoms with Gasteiger partial charge in [0.2, 0.25) is 5.91 Å². The summed E-state index contributed by atoms with van der Waals surface area (Å²) >= 11 is 0. The number of hydrogen-bond acceptors (Lipinski definition) is 3.